The molecule has 0 aliphatic carbocycles. The zero-order valence-electron chi connectivity index (χ0n) is 11.6. The molecular formula is C14H12N4O3S. The zero-order chi connectivity index (χ0) is 15.4. The topological polar surface area (TPSA) is 90.1 Å². The Morgan fingerprint density at radius 1 is 1.36 bits per heavy atom. The summed E-state index contributed by atoms with van der Waals surface area (Å²) in [5, 5.41) is 11.9. The fourth-order valence-electron chi connectivity index (χ4n) is 1.79. The van der Waals surface area contributed by atoms with Crippen LogP contribution in [-0.4, -0.2) is 27.7 Å². The molecule has 2 heterocycles. The summed E-state index contributed by atoms with van der Waals surface area (Å²) in [5.74, 6) is 0.526. The van der Waals surface area contributed by atoms with Crippen molar-refractivity contribution in [3.63, 3.8) is 0 Å². The third-order valence-corrected chi connectivity index (χ3v) is 3.31. The second kappa shape index (κ2) is 6.35. The second-order valence-corrected chi connectivity index (χ2v) is 4.89. The summed E-state index contributed by atoms with van der Waals surface area (Å²) >= 11 is 1.33. The van der Waals surface area contributed by atoms with Crippen LogP contribution >= 0.6 is 11.3 Å². The van der Waals surface area contributed by atoms with E-state index >= 15 is 0 Å². The van der Waals surface area contributed by atoms with Crippen LogP contribution in [0.3, 0.4) is 0 Å². The highest BCUT2D eigenvalue weighted by Crippen LogP contribution is 2.29. The number of anilines is 1. The van der Waals surface area contributed by atoms with E-state index in [-0.39, 0.29) is 11.9 Å². The molecule has 1 amide bonds. The molecule has 0 atom stereocenters. The summed E-state index contributed by atoms with van der Waals surface area (Å²) in [6, 6.07) is 7.34. The number of carbonyl (C=O) groups is 1. The Bertz CT molecular complexity index is 770. The van der Waals surface area contributed by atoms with E-state index in [1.54, 1.807) is 10.9 Å². The van der Waals surface area contributed by atoms with Gasteiger partial charge in [-0.25, -0.2) is 4.98 Å². The van der Waals surface area contributed by atoms with E-state index in [0.29, 0.717) is 23.6 Å². The molecule has 0 fully saturated rings. The molecule has 0 radical (unpaired) electrons. The van der Waals surface area contributed by atoms with Gasteiger partial charge in [-0.3, -0.25) is 10.1 Å². The van der Waals surface area contributed by atoms with Crippen molar-refractivity contribution >= 4 is 23.3 Å². The smallest absolute Gasteiger partial charge is 0.322 e. The number of benzene rings is 1. The van der Waals surface area contributed by atoms with Crippen LogP contribution in [0.25, 0.3) is 11.5 Å². The van der Waals surface area contributed by atoms with E-state index in [4.69, 9.17) is 9.15 Å². The molecule has 112 valence electrons. The van der Waals surface area contributed by atoms with Gasteiger partial charge in [-0.05, 0) is 19.1 Å². The molecule has 0 aliphatic heterocycles. The Hall–Kier alpha value is -2.74. The molecule has 0 unspecified atom stereocenters. The predicted octanol–water partition coefficient (Wildman–Crippen LogP) is 2.84. The average molecular weight is 316 g/mol. The quantitative estimate of drug-likeness (QED) is 0.778. The molecule has 0 saturated carbocycles. The van der Waals surface area contributed by atoms with Gasteiger partial charge in [0.15, 0.2) is 0 Å². The molecule has 3 aromatic rings. The van der Waals surface area contributed by atoms with Crippen LogP contribution in [0.2, 0.25) is 0 Å². The Labute approximate surface area is 130 Å². The molecule has 1 aromatic carbocycles. The van der Waals surface area contributed by atoms with E-state index in [1.165, 1.54) is 11.3 Å². The summed E-state index contributed by atoms with van der Waals surface area (Å²) in [4.78, 5) is 15.8. The fraction of sp³-hybridized carbons (Fsp3) is 0.143. The summed E-state index contributed by atoms with van der Waals surface area (Å²) in [6.45, 7) is 2.42. The highest BCUT2D eigenvalue weighted by Gasteiger charge is 2.16. The molecule has 2 aromatic heterocycles. The van der Waals surface area contributed by atoms with Gasteiger partial charge in [0.1, 0.15) is 11.4 Å². The van der Waals surface area contributed by atoms with Crippen molar-refractivity contribution in [3.8, 4) is 17.2 Å². The summed E-state index contributed by atoms with van der Waals surface area (Å²) in [6.07, 6.45) is 0. The second-order valence-electron chi connectivity index (χ2n) is 4.17. The van der Waals surface area contributed by atoms with Gasteiger partial charge < -0.3 is 9.15 Å². The summed E-state index contributed by atoms with van der Waals surface area (Å²) in [5.41, 5.74) is 2.55. The Morgan fingerprint density at radius 2 is 2.23 bits per heavy atom. The van der Waals surface area contributed by atoms with Gasteiger partial charge >= 0.3 is 6.01 Å². The van der Waals surface area contributed by atoms with Crippen molar-refractivity contribution < 1.29 is 13.9 Å². The zero-order valence-corrected chi connectivity index (χ0v) is 12.5. The van der Waals surface area contributed by atoms with Crippen LogP contribution in [-0.2, 0) is 0 Å². The first kappa shape index (κ1) is 14.2. The minimum atomic E-state index is -0.394. The number of rotatable bonds is 5. The third-order valence-electron chi connectivity index (χ3n) is 2.73. The lowest BCUT2D eigenvalue weighted by atomic mass is 10.2. The number of nitrogens with zero attached hydrogens (tertiary/aromatic N) is 3. The minimum Gasteiger partial charge on any atom is -0.493 e. The lowest BCUT2D eigenvalue weighted by Gasteiger charge is -2.06. The van der Waals surface area contributed by atoms with Crippen molar-refractivity contribution in [2.24, 2.45) is 0 Å². The number of carbonyl (C=O) groups excluding carboxylic acids is 1. The van der Waals surface area contributed by atoms with Gasteiger partial charge in [-0.2, -0.15) is 0 Å². The first-order valence-electron chi connectivity index (χ1n) is 6.53. The average Bonchev–Trinajstić information content (AvgIpc) is 3.19. The number of ether oxygens (including phenoxy) is 1. The van der Waals surface area contributed by atoms with Crippen molar-refractivity contribution in [1.82, 2.24) is 15.2 Å². The summed E-state index contributed by atoms with van der Waals surface area (Å²) < 4.78 is 11.0. The number of para-hydroxylation sites is 1. The van der Waals surface area contributed by atoms with Gasteiger partial charge in [0.25, 0.3) is 11.8 Å². The molecular weight excluding hydrogens is 304 g/mol. The summed E-state index contributed by atoms with van der Waals surface area (Å²) in [7, 11) is 0. The predicted molar refractivity (Wildman–Crippen MR) is 81.0 cm³/mol. The van der Waals surface area contributed by atoms with Crippen LogP contribution in [0, 0.1) is 0 Å². The van der Waals surface area contributed by atoms with Gasteiger partial charge in [0.05, 0.1) is 17.7 Å². The molecule has 7 nitrogen and oxygen atoms in total. The van der Waals surface area contributed by atoms with Crippen LogP contribution in [0.5, 0.6) is 5.75 Å². The highest BCUT2D eigenvalue weighted by atomic mass is 32.1. The molecule has 1 N–H and O–H groups in total. The van der Waals surface area contributed by atoms with Crippen molar-refractivity contribution in [1.29, 1.82) is 0 Å². The number of aromatic nitrogens is 3. The van der Waals surface area contributed by atoms with E-state index in [9.17, 15) is 4.79 Å². The van der Waals surface area contributed by atoms with Crippen LogP contribution in [0.4, 0.5) is 6.01 Å². The molecule has 3 rings (SSSR count). The molecule has 8 heteroatoms. The maximum atomic E-state index is 11.9. The highest BCUT2D eigenvalue weighted by molar-refractivity contribution is 7.07. The van der Waals surface area contributed by atoms with Crippen LogP contribution in [0.15, 0.2) is 39.6 Å². The standard InChI is InChI=1S/C14H12N4O3S/c1-2-20-11-6-4-3-5-9(11)13-17-18-14(21-13)16-12(19)10-7-22-8-15-10/h3-8H,2H2,1H3,(H,16,18,19). The first-order chi connectivity index (χ1) is 10.8. The number of thiazole rings is 1. The van der Waals surface area contributed by atoms with E-state index in [0.717, 1.165) is 0 Å². The van der Waals surface area contributed by atoms with Crippen LogP contribution in [0.1, 0.15) is 17.4 Å². The van der Waals surface area contributed by atoms with Gasteiger partial charge in [0, 0.05) is 5.38 Å². The number of hydrogen-bond donors (Lipinski definition) is 1. The molecule has 22 heavy (non-hydrogen) atoms. The molecule has 0 bridgehead atoms. The molecule has 0 aliphatic rings. The van der Waals surface area contributed by atoms with E-state index < -0.39 is 5.91 Å². The Kier molecular flexibility index (Phi) is 4.10. The van der Waals surface area contributed by atoms with Gasteiger partial charge in [0.2, 0.25) is 0 Å². The fourth-order valence-corrected chi connectivity index (χ4v) is 2.33. The molecule has 0 saturated heterocycles. The SMILES string of the molecule is CCOc1ccccc1-c1nnc(NC(=O)c2cscn2)o1. The van der Waals surface area contributed by atoms with E-state index in [1.807, 2.05) is 31.2 Å². The van der Waals surface area contributed by atoms with Crippen molar-refractivity contribution in [2.45, 2.75) is 6.92 Å². The normalized spacial score (nSPS) is 10.4. The maximum absolute atomic E-state index is 11.9. The minimum absolute atomic E-state index is 0.0132. The number of amides is 1. The lowest BCUT2D eigenvalue weighted by molar-refractivity contribution is 0.102. The van der Waals surface area contributed by atoms with Gasteiger partial charge in [-0.1, -0.05) is 17.2 Å². The Morgan fingerprint density at radius 3 is 3.00 bits per heavy atom. The van der Waals surface area contributed by atoms with E-state index in [2.05, 4.69) is 20.5 Å². The monoisotopic (exact) mass is 316 g/mol. The molecule has 0 spiro atoms. The van der Waals surface area contributed by atoms with Gasteiger partial charge in [-0.15, -0.1) is 16.4 Å². The third kappa shape index (κ3) is 2.96. The van der Waals surface area contributed by atoms with Crippen LogP contribution < -0.4 is 10.1 Å². The number of nitrogens with one attached hydrogen (secondary N) is 1. The first-order valence-corrected chi connectivity index (χ1v) is 7.47. The lowest BCUT2D eigenvalue weighted by Crippen LogP contribution is -2.12. The Balaban J connectivity index is 1.81. The largest absolute Gasteiger partial charge is 0.493 e. The number of hydrogen-bond acceptors (Lipinski definition) is 7. The van der Waals surface area contributed by atoms with Crippen molar-refractivity contribution in [2.75, 3.05) is 11.9 Å². The maximum Gasteiger partial charge on any atom is 0.322 e. The van der Waals surface area contributed by atoms with Crippen molar-refractivity contribution in [3.05, 3.63) is 40.8 Å².